The molecule has 0 radical (unpaired) electrons. The minimum atomic E-state index is -0.470. The summed E-state index contributed by atoms with van der Waals surface area (Å²) < 4.78 is 16.0. The van der Waals surface area contributed by atoms with E-state index in [1.54, 1.807) is 13.3 Å². The van der Waals surface area contributed by atoms with E-state index in [9.17, 15) is 4.79 Å². The highest BCUT2D eigenvalue weighted by atomic mass is 16.6. The van der Waals surface area contributed by atoms with E-state index in [4.69, 9.17) is 14.2 Å². The van der Waals surface area contributed by atoms with Crippen LogP contribution in [0, 0.1) is 13.8 Å². The van der Waals surface area contributed by atoms with Gasteiger partial charge in [-0.25, -0.2) is 0 Å². The molecule has 1 fully saturated rings. The van der Waals surface area contributed by atoms with Crippen molar-refractivity contribution >= 4 is 5.78 Å². The van der Waals surface area contributed by atoms with E-state index in [1.807, 2.05) is 13.8 Å². The summed E-state index contributed by atoms with van der Waals surface area (Å²) in [6, 6.07) is 0. The Morgan fingerprint density at radius 2 is 2.26 bits per heavy atom. The van der Waals surface area contributed by atoms with Crippen molar-refractivity contribution in [2.75, 3.05) is 26.9 Å². The molecule has 0 spiro atoms. The van der Waals surface area contributed by atoms with Crippen LogP contribution in [0.1, 0.15) is 16.8 Å². The fraction of sp³-hybridized carbons (Fsp3) is 0.571. The molecule has 0 amide bonds. The normalized spacial score (nSPS) is 19.2. The molecular weight excluding hydrogens is 246 g/mol. The van der Waals surface area contributed by atoms with Gasteiger partial charge in [0.25, 0.3) is 0 Å². The standard InChI is InChI=1S/C14H19NO4/c1-9-7-15-11(10(2)14(9)17-3)6-12(16)13-8-18-4-5-19-13/h7,13H,4-6,8H2,1-3H3. The molecule has 0 N–H and O–H groups in total. The van der Waals surface area contributed by atoms with Gasteiger partial charge < -0.3 is 14.2 Å². The van der Waals surface area contributed by atoms with Crippen LogP contribution >= 0.6 is 0 Å². The van der Waals surface area contributed by atoms with Crippen LogP contribution in [-0.2, 0) is 20.7 Å². The van der Waals surface area contributed by atoms with Crippen LogP contribution < -0.4 is 4.74 Å². The molecule has 0 bridgehead atoms. The zero-order chi connectivity index (χ0) is 13.8. The molecule has 1 saturated heterocycles. The molecule has 0 aromatic carbocycles. The molecule has 2 heterocycles. The van der Waals surface area contributed by atoms with Gasteiger partial charge in [0.15, 0.2) is 5.78 Å². The molecule has 1 aliphatic rings. The first-order chi connectivity index (χ1) is 9.13. The number of aromatic nitrogens is 1. The number of hydrogen-bond acceptors (Lipinski definition) is 5. The Hall–Kier alpha value is -1.46. The van der Waals surface area contributed by atoms with Crippen molar-refractivity contribution in [3.05, 3.63) is 23.0 Å². The summed E-state index contributed by atoms with van der Waals surface area (Å²) in [4.78, 5) is 16.4. The molecule has 19 heavy (non-hydrogen) atoms. The second-order valence-electron chi connectivity index (χ2n) is 4.62. The van der Waals surface area contributed by atoms with E-state index in [-0.39, 0.29) is 12.2 Å². The minimum absolute atomic E-state index is 0.00112. The largest absolute Gasteiger partial charge is 0.496 e. The third-order valence-corrected chi connectivity index (χ3v) is 3.27. The Labute approximate surface area is 112 Å². The van der Waals surface area contributed by atoms with Gasteiger partial charge in [-0.2, -0.15) is 0 Å². The van der Waals surface area contributed by atoms with E-state index in [2.05, 4.69) is 4.98 Å². The van der Waals surface area contributed by atoms with E-state index in [0.717, 1.165) is 22.6 Å². The van der Waals surface area contributed by atoms with Gasteiger partial charge >= 0.3 is 0 Å². The van der Waals surface area contributed by atoms with Crippen molar-refractivity contribution < 1.29 is 19.0 Å². The van der Waals surface area contributed by atoms with E-state index in [0.29, 0.717) is 19.8 Å². The predicted octanol–water partition coefficient (Wildman–Crippen LogP) is 1.23. The van der Waals surface area contributed by atoms with E-state index < -0.39 is 6.10 Å². The number of carbonyl (C=O) groups excluding carboxylic acids is 1. The Kier molecular flexibility index (Phi) is 4.50. The lowest BCUT2D eigenvalue weighted by molar-refractivity contribution is -0.144. The molecule has 5 nitrogen and oxygen atoms in total. The van der Waals surface area contributed by atoms with Gasteiger partial charge in [0.05, 0.1) is 39.0 Å². The zero-order valence-corrected chi connectivity index (χ0v) is 11.6. The van der Waals surface area contributed by atoms with Crippen molar-refractivity contribution in [3.63, 3.8) is 0 Å². The third kappa shape index (κ3) is 3.11. The van der Waals surface area contributed by atoms with Gasteiger partial charge in [-0.3, -0.25) is 9.78 Å². The quantitative estimate of drug-likeness (QED) is 0.819. The lowest BCUT2D eigenvalue weighted by Gasteiger charge is -2.22. The third-order valence-electron chi connectivity index (χ3n) is 3.27. The molecule has 104 valence electrons. The number of carbonyl (C=O) groups is 1. The lowest BCUT2D eigenvalue weighted by atomic mass is 10.0. The summed E-state index contributed by atoms with van der Waals surface area (Å²) in [5.41, 5.74) is 2.61. The Morgan fingerprint density at radius 1 is 1.47 bits per heavy atom. The monoisotopic (exact) mass is 265 g/mol. The molecule has 1 aliphatic heterocycles. The number of rotatable bonds is 4. The number of aryl methyl sites for hydroxylation is 1. The maximum Gasteiger partial charge on any atom is 0.169 e. The van der Waals surface area contributed by atoms with Crippen molar-refractivity contribution in [1.29, 1.82) is 0 Å². The van der Waals surface area contributed by atoms with Crippen molar-refractivity contribution in [1.82, 2.24) is 4.98 Å². The number of Topliss-reactive ketones (excluding diaryl/α,β-unsaturated/α-hetero) is 1. The molecule has 0 saturated carbocycles. The van der Waals surface area contributed by atoms with Crippen LogP contribution in [0.2, 0.25) is 0 Å². The smallest absolute Gasteiger partial charge is 0.169 e. The Bertz CT molecular complexity index is 467. The maximum atomic E-state index is 12.1. The van der Waals surface area contributed by atoms with E-state index in [1.165, 1.54) is 0 Å². The molecule has 2 rings (SSSR count). The van der Waals surface area contributed by atoms with Crippen molar-refractivity contribution in [3.8, 4) is 5.75 Å². The fourth-order valence-corrected chi connectivity index (χ4v) is 2.20. The average molecular weight is 265 g/mol. The van der Waals surface area contributed by atoms with Gasteiger partial charge in [-0.15, -0.1) is 0 Å². The second-order valence-corrected chi connectivity index (χ2v) is 4.62. The highest BCUT2D eigenvalue weighted by molar-refractivity contribution is 5.85. The number of ether oxygens (including phenoxy) is 3. The maximum absolute atomic E-state index is 12.1. The SMILES string of the molecule is COc1c(C)cnc(CC(=O)C2COCCO2)c1C. The minimum Gasteiger partial charge on any atom is -0.496 e. The van der Waals surface area contributed by atoms with Gasteiger partial charge in [-0.05, 0) is 13.8 Å². The number of hydrogen-bond donors (Lipinski definition) is 0. The van der Waals surface area contributed by atoms with Crippen LogP contribution in [-0.4, -0.2) is 43.8 Å². The number of methoxy groups -OCH3 is 1. The van der Waals surface area contributed by atoms with Crippen LogP contribution in [0.4, 0.5) is 0 Å². The summed E-state index contributed by atoms with van der Waals surface area (Å²) >= 11 is 0. The summed E-state index contributed by atoms with van der Waals surface area (Å²) in [6.45, 7) is 5.21. The highest BCUT2D eigenvalue weighted by Gasteiger charge is 2.24. The fourth-order valence-electron chi connectivity index (χ4n) is 2.20. The number of nitrogens with zero attached hydrogens (tertiary/aromatic N) is 1. The first-order valence-corrected chi connectivity index (χ1v) is 6.34. The summed E-state index contributed by atoms with van der Waals surface area (Å²) in [7, 11) is 1.62. The number of ketones is 1. The van der Waals surface area contributed by atoms with Gasteiger partial charge in [-0.1, -0.05) is 0 Å². The van der Waals surface area contributed by atoms with Crippen molar-refractivity contribution in [2.45, 2.75) is 26.4 Å². The number of pyridine rings is 1. The summed E-state index contributed by atoms with van der Waals surface area (Å²) in [6.07, 6.45) is 1.51. The van der Waals surface area contributed by atoms with Crippen LogP contribution in [0.25, 0.3) is 0 Å². The zero-order valence-electron chi connectivity index (χ0n) is 11.6. The second kappa shape index (κ2) is 6.12. The van der Waals surface area contributed by atoms with Gasteiger partial charge in [0.1, 0.15) is 11.9 Å². The Balaban J connectivity index is 2.12. The molecule has 1 unspecified atom stereocenters. The first kappa shape index (κ1) is 14.0. The van der Waals surface area contributed by atoms with Gasteiger partial charge in [0, 0.05) is 17.3 Å². The molecule has 1 aromatic heterocycles. The molecular formula is C14H19NO4. The van der Waals surface area contributed by atoms with Gasteiger partial charge in [0.2, 0.25) is 0 Å². The highest BCUT2D eigenvalue weighted by Crippen LogP contribution is 2.24. The molecule has 5 heteroatoms. The lowest BCUT2D eigenvalue weighted by Crippen LogP contribution is -2.36. The van der Waals surface area contributed by atoms with Crippen LogP contribution in [0.15, 0.2) is 6.20 Å². The summed E-state index contributed by atoms with van der Waals surface area (Å²) in [5, 5.41) is 0. The first-order valence-electron chi connectivity index (χ1n) is 6.34. The average Bonchev–Trinajstić information content (AvgIpc) is 2.43. The van der Waals surface area contributed by atoms with Crippen molar-refractivity contribution in [2.24, 2.45) is 0 Å². The molecule has 1 aromatic rings. The van der Waals surface area contributed by atoms with E-state index >= 15 is 0 Å². The van der Waals surface area contributed by atoms with Crippen LogP contribution in [0.5, 0.6) is 5.75 Å². The topological polar surface area (TPSA) is 57.7 Å². The molecule has 1 atom stereocenters. The molecule has 0 aliphatic carbocycles. The van der Waals surface area contributed by atoms with Crippen LogP contribution in [0.3, 0.4) is 0 Å². The summed E-state index contributed by atoms with van der Waals surface area (Å²) in [5.74, 6) is 0.791. The predicted molar refractivity (Wildman–Crippen MR) is 69.5 cm³/mol. The Morgan fingerprint density at radius 3 is 2.89 bits per heavy atom.